The minimum Gasteiger partial charge on any atom is -0.335 e. The SMILES string of the molecule is Cc1nccn1CCCCCCSc1nc(-c2ccccc2)c(-c2ccccc2)[nH]1. The van der Waals surface area contributed by atoms with E-state index in [2.05, 4.69) is 76.2 Å². The molecule has 2 aromatic carbocycles. The molecule has 2 heterocycles. The van der Waals surface area contributed by atoms with E-state index < -0.39 is 0 Å². The third-order valence-electron chi connectivity index (χ3n) is 5.25. The molecule has 4 aromatic rings. The Bertz CT molecular complexity index is 980. The molecule has 0 aliphatic carbocycles. The fourth-order valence-corrected chi connectivity index (χ4v) is 4.46. The molecule has 4 nitrogen and oxygen atoms in total. The second-order valence-electron chi connectivity index (χ2n) is 7.43. The molecule has 0 amide bonds. The summed E-state index contributed by atoms with van der Waals surface area (Å²) in [6, 6.07) is 20.9. The highest BCUT2D eigenvalue weighted by atomic mass is 32.2. The van der Waals surface area contributed by atoms with Gasteiger partial charge in [0, 0.05) is 35.8 Å². The van der Waals surface area contributed by atoms with E-state index in [0.717, 1.165) is 40.2 Å². The van der Waals surface area contributed by atoms with Crippen LogP contribution >= 0.6 is 11.8 Å². The summed E-state index contributed by atoms with van der Waals surface area (Å²) in [7, 11) is 0. The van der Waals surface area contributed by atoms with E-state index in [4.69, 9.17) is 4.98 Å². The molecule has 0 aliphatic heterocycles. The normalized spacial score (nSPS) is 11.1. The molecular formula is C25H28N4S. The molecule has 30 heavy (non-hydrogen) atoms. The summed E-state index contributed by atoms with van der Waals surface area (Å²) in [4.78, 5) is 12.8. The quantitative estimate of drug-likeness (QED) is 0.234. The van der Waals surface area contributed by atoms with Crippen molar-refractivity contribution in [3.8, 4) is 22.5 Å². The Labute approximate surface area is 182 Å². The summed E-state index contributed by atoms with van der Waals surface area (Å²) in [6.45, 7) is 3.13. The molecule has 0 atom stereocenters. The molecule has 0 spiro atoms. The van der Waals surface area contributed by atoms with Gasteiger partial charge >= 0.3 is 0 Å². The van der Waals surface area contributed by atoms with Crippen LogP contribution in [-0.2, 0) is 6.54 Å². The number of unbranched alkanes of at least 4 members (excludes halogenated alkanes) is 3. The lowest BCUT2D eigenvalue weighted by molar-refractivity contribution is 0.574. The first-order chi connectivity index (χ1) is 14.8. The van der Waals surface area contributed by atoms with Crippen LogP contribution in [0.2, 0.25) is 0 Å². The highest BCUT2D eigenvalue weighted by Crippen LogP contribution is 2.32. The maximum absolute atomic E-state index is 4.93. The average molecular weight is 417 g/mol. The van der Waals surface area contributed by atoms with Gasteiger partial charge in [-0.3, -0.25) is 0 Å². The fraction of sp³-hybridized carbons (Fsp3) is 0.280. The van der Waals surface area contributed by atoms with E-state index in [9.17, 15) is 0 Å². The molecule has 154 valence electrons. The van der Waals surface area contributed by atoms with Gasteiger partial charge in [0.1, 0.15) is 5.82 Å². The maximum atomic E-state index is 4.93. The predicted octanol–water partition coefficient (Wildman–Crippen LogP) is 6.60. The number of aryl methyl sites for hydroxylation is 2. The minimum atomic E-state index is 1.00. The van der Waals surface area contributed by atoms with Crippen molar-refractivity contribution in [2.24, 2.45) is 0 Å². The first kappa shape index (κ1) is 20.5. The minimum absolute atomic E-state index is 1.00. The molecule has 2 aromatic heterocycles. The van der Waals surface area contributed by atoms with E-state index in [-0.39, 0.29) is 0 Å². The summed E-state index contributed by atoms with van der Waals surface area (Å²) in [5, 5.41) is 1.00. The van der Waals surface area contributed by atoms with Crippen molar-refractivity contribution >= 4 is 11.8 Å². The molecule has 0 saturated heterocycles. The molecule has 0 unspecified atom stereocenters. The first-order valence-corrected chi connectivity index (χ1v) is 11.6. The van der Waals surface area contributed by atoms with Gasteiger partial charge in [0.25, 0.3) is 0 Å². The summed E-state index contributed by atoms with van der Waals surface area (Å²) >= 11 is 1.82. The Morgan fingerprint density at radius 1 is 0.867 bits per heavy atom. The molecule has 4 rings (SSSR count). The predicted molar refractivity (Wildman–Crippen MR) is 126 cm³/mol. The van der Waals surface area contributed by atoms with Crippen LogP contribution < -0.4 is 0 Å². The number of H-pyrrole nitrogens is 1. The summed E-state index contributed by atoms with van der Waals surface area (Å²) in [6.07, 6.45) is 8.85. The van der Waals surface area contributed by atoms with Crippen molar-refractivity contribution in [3.63, 3.8) is 0 Å². The van der Waals surface area contributed by atoms with E-state index in [1.165, 1.54) is 31.2 Å². The van der Waals surface area contributed by atoms with Crippen LogP contribution in [0.1, 0.15) is 31.5 Å². The second-order valence-corrected chi connectivity index (χ2v) is 8.51. The van der Waals surface area contributed by atoms with E-state index in [1.807, 2.05) is 30.1 Å². The van der Waals surface area contributed by atoms with Crippen LogP contribution in [0, 0.1) is 6.92 Å². The van der Waals surface area contributed by atoms with Crippen molar-refractivity contribution in [3.05, 3.63) is 78.9 Å². The number of rotatable bonds is 10. The number of aromatic amines is 1. The zero-order valence-electron chi connectivity index (χ0n) is 17.4. The lowest BCUT2D eigenvalue weighted by Crippen LogP contribution is -1.99. The van der Waals surface area contributed by atoms with Crippen molar-refractivity contribution in [2.75, 3.05) is 5.75 Å². The van der Waals surface area contributed by atoms with Crippen LogP contribution in [0.15, 0.2) is 78.2 Å². The molecule has 0 bridgehead atoms. The Hall–Kier alpha value is -2.79. The largest absolute Gasteiger partial charge is 0.335 e. The number of hydrogen-bond acceptors (Lipinski definition) is 3. The van der Waals surface area contributed by atoms with Gasteiger partial charge in [-0.2, -0.15) is 0 Å². The summed E-state index contributed by atoms with van der Waals surface area (Å²) in [5.41, 5.74) is 4.44. The van der Waals surface area contributed by atoms with Crippen molar-refractivity contribution in [1.82, 2.24) is 19.5 Å². The van der Waals surface area contributed by atoms with E-state index in [1.54, 1.807) is 0 Å². The first-order valence-electron chi connectivity index (χ1n) is 10.6. The number of imidazole rings is 2. The summed E-state index contributed by atoms with van der Waals surface area (Å²) < 4.78 is 2.23. The highest BCUT2D eigenvalue weighted by Gasteiger charge is 2.14. The van der Waals surface area contributed by atoms with Gasteiger partial charge in [0.05, 0.1) is 11.4 Å². The number of nitrogens with zero attached hydrogens (tertiary/aromatic N) is 3. The van der Waals surface area contributed by atoms with Gasteiger partial charge in [-0.25, -0.2) is 9.97 Å². The lowest BCUT2D eigenvalue weighted by atomic mass is 10.1. The van der Waals surface area contributed by atoms with Crippen LogP contribution in [0.5, 0.6) is 0 Å². The van der Waals surface area contributed by atoms with Crippen LogP contribution in [0.4, 0.5) is 0 Å². The van der Waals surface area contributed by atoms with Gasteiger partial charge in [0.15, 0.2) is 5.16 Å². The van der Waals surface area contributed by atoms with Gasteiger partial charge in [-0.05, 0) is 19.8 Å². The number of aromatic nitrogens is 4. The standard InChI is InChI=1S/C25H28N4S/c1-20-26-16-18-29(20)17-10-2-3-11-19-30-25-27-23(21-12-6-4-7-13-21)24(28-25)22-14-8-5-9-15-22/h4-9,12-16,18H,2-3,10-11,17,19H2,1H3,(H,27,28). The van der Waals surface area contributed by atoms with Gasteiger partial charge in [0.2, 0.25) is 0 Å². The van der Waals surface area contributed by atoms with Gasteiger partial charge in [-0.15, -0.1) is 0 Å². The van der Waals surface area contributed by atoms with Gasteiger partial charge < -0.3 is 9.55 Å². The number of thioether (sulfide) groups is 1. The third-order valence-corrected chi connectivity index (χ3v) is 6.21. The van der Waals surface area contributed by atoms with Crippen LogP contribution in [0.25, 0.3) is 22.5 Å². The molecule has 5 heteroatoms. The number of nitrogens with one attached hydrogen (secondary N) is 1. The topological polar surface area (TPSA) is 46.5 Å². The van der Waals surface area contributed by atoms with E-state index in [0.29, 0.717) is 0 Å². The lowest BCUT2D eigenvalue weighted by Gasteiger charge is -2.04. The Morgan fingerprint density at radius 3 is 2.27 bits per heavy atom. The number of benzene rings is 2. The zero-order valence-corrected chi connectivity index (χ0v) is 18.2. The number of hydrogen-bond donors (Lipinski definition) is 1. The second kappa shape index (κ2) is 10.3. The van der Waals surface area contributed by atoms with Crippen molar-refractivity contribution < 1.29 is 0 Å². The molecule has 0 saturated carbocycles. The molecule has 0 aliphatic rings. The van der Waals surface area contributed by atoms with Crippen molar-refractivity contribution in [1.29, 1.82) is 0 Å². The monoisotopic (exact) mass is 416 g/mol. The van der Waals surface area contributed by atoms with Crippen LogP contribution in [0.3, 0.4) is 0 Å². The molecule has 0 fully saturated rings. The van der Waals surface area contributed by atoms with Crippen LogP contribution in [-0.4, -0.2) is 25.3 Å². The van der Waals surface area contributed by atoms with E-state index >= 15 is 0 Å². The smallest absolute Gasteiger partial charge is 0.166 e. The highest BCUT2D eigenvalue weighted by molar-refractivity contribution is 7.99. The van der Waals surface area contributed by atoms with Crippen molar-refractivity contribution in [2.45, 2.75) is 44.3 Å². The third kappa shape index (κ3) is 5.22. The molecule has 0 radical (unpaired) electrons. The van der Waals surface area contributed by atoms with Gasteiger partial charge in [-0.1, -0.05) is 85.3 Å². The molecular weight excluding hydrogens is 388 g/mol. The summed E-state index contributed by atoms with van der Waals surface area (Å²) in [5.74, 6) is 2.19. The average Bonchev–Trinajstić information content (AvgIpc) is 3.40. The Kier molecular flexibility index (Phi) is 7.03. The zero-order chi connectivity index (χ0) is 20.6. The Balaban J connectivity index is 1.32. The molecule has 1 N–H and O–H groups in total. The maximum Gasteiger partial charge on any atom is 0.166 e. The Morgan fingerprint density at radius 2 is 1.57 bits per heavy atom. The fourth-order valence-electron chi connectivity index (χ4n) is 3.59.